The van der Waals surface area contributed by atoms with Crippen molar-refractivity contribution in [2.24, 2.45) is 0 Å². The Morgan fingerprint density at radius 1 is 1.25 bits per heavy atom. The highest BCUT2D eigenvalue weighted by molar-refractivity contribution is 9.10. The predicted octanol–water partition coefficient (Wildman–Crippen LogP) is 4.58. The van der Waals surface area contributed by atoms with Crippen LogP contribution in [0.3, 0.4) is 0 Å². The summed E-state index contributed by atoms with van der Waals surface area (Å²) in [6.07, 6.45) is 0.445. The van der Waals surface area contributed by atoms with Gasteiger partial charge in [-0.05, 0) is 39.9 Å². The van der Waals surface area contributed by atoms with Crippen molar-refractivity contribution in [1.29, 1.82) is 0 Å². The Morgan fingerprint density at radius 2 is 1.83 bits per heavy atom. The fourth-order valence-corrected chi connectivity index (χ4v) is 2.51. The molecule has 24 heavy (non-hydrogen) atoms. The molecular weight excluding hydrogens is 376 g/mol. The lowest BCUT2D eigenvalue weighted by Crippen LogP contribution is -2.17. The minimum absolute atomic E-state index is 0.184. The van der Waals surface area contributed by atoms with Gasteiger partial charge >= 0.3 is 5.69 Å². The number of ketones is 1. The van der Waals surface area contributed by atoms with Crippen molar-refractivity contribution in [2.45, 2.75) is 32.8 Å². The number of Topliss-reactive ketones (excluding diaryl/α,β-unsaturated/α-hetero) is 1. The zero-order valence-corrected chi connectivity index (χ0v) is 15.1. The Hall–Kier alpha value is -2.28. The summed E-state index contributed by atoms with van der Waals surface area (Å²) in [4.78, 5) is 26.5. The van der Waals surface area contributed by atoms with Crippen LogP contribution in [0.5, 0.6) is 5.88 Å². The quantitative estimate of drug-likeness (QED) is 0.530. The molecule has 0 amide bonds. The third kappa shape index (κ3) is 4.17. The maximum atomic E-state index is 12.0. The van der Waals surface area contributed by atoms with Crippen LogP contribution in [0.4, 0.5) is 5.69 Å². The summed E-state index contributed by atoms with van der Waals surface area (Å²) >= 11 is 3.14. The molecule has 0 aliphatic rings. The molecule has 7 heteroatoms. The van der Waals surface area contributed by atoms with E-state index in [2.05, 4.69) is 34.8 Å². The molecule has 1 aromatic heterocycles. The van der Waals surface area contributed by atoms with Gasteiger partial charge in [-0.1, -0.05) is 38.1 Å². The van der Waals surface area contributed by atoms with E-state index in [1.54, 1.807) is 12.1 Å². The van der Waals surface area contributed by atoms with Gasteiger partial charge in [0.15, 0.2) is 11.9 Å². The number of halogens is 1. The molecule has 0 fully saturated rings. The van der Waals surface area contributed by atoms with Crippen LogP contribution < -0.4 is 4.74 Å². The Morgan fingerprint density at radius 3 is 2.33 bits per heavy atom. The third-order valence-electron chi connectivity index (χ3n) is 3.50. The maximum absolute atomic E-state index is 12.0. The molecule has 0 aliphatic carbocycles. The Bertz CT molecular complexity index is 760. The second kappa shape index (κ2) is 7.53. The first kappa shape index (κ1) is 18.1. The van der Waals surface area contributed by atoms with Gasteiger partial charge in [0.1, 0.15) is 0 Å². The third-order valence-corrected chi connectivity index (χ3v) is 3.93. The highest BCUT2D eigenvalue weighted by Gasteiger charge is 2.25. The Labute approximate surface area is 148 Å². The normalized spacial score (nSPS) is 12.0. The zero-order valence-electron chi connectivity index (χ0n) is 13.5. The summed E-state index contributed by atoms with van der Waals surface area (Å²) in [7, 11) is 0. The Balaban J connectivity index is 2.36. The van der Waals surface area contributed by atoms with Crippen molar-refractivity contribution in [3.63, 3.8) is 0 Å². The van der Waals surface area contributed by atoms with Crippen LogP contribution in [0.25, 0.3) is 0 Å². The van der Waals surface area contributed by atoms with E-state index in [0.29, 0.717) is 16.0 Å². The summed E-state index contributed by atoms with van der Waals surface area (Å²) in [6, 6.07) is 8.73. The molecule has 0 bridgehead atoms. The van der Waals surface area contributed by atoms with Gasteiger partial charge in [0.2, 0.25) is 0 Å². The van der Waals surface area contributed by atoms with Crippen molar-refractivity contribution in [1.82, 2.24) is 4.98 Å². The maximum Gasteiger partial charge on any atom is 0.332 e. The summed E-state index contributed by atoms with van der Waals surface area (Å²) in [5.74, 6) is -0.0763. The molecule has 0 spiro atoms. The minimum Gasteiger partial charge on any atom is -0.457 e. The lowest BCUT2D eigenvalue weighted by Gasteiger charge is -2.17. The molecule has 0 saturated carbocycles. The van der Waals surface area contributed by atoms with Gasteiger partial charge in [0.05, 0.1) is 4.92 Å². The van der Waals surface area contributed by atoms with E-state index in [9.17, 15) is 14.9 Å². The van der Waals surface area contributed by atoms with Crippen molar-refractivity contribution in [3.05, 3.63) is 62.2 Å². The minimum atomic E-state index is -0.946. The van der Waals surface area contributed by atoms with Crippen LogP contribution in [0.15, 0.2) is 41.0 Å². The summed E-state index contributed by atoms with van der Waals surface area (Å²) in [5, 5.41) is 11.2. The number of hydrogen-bond acceptors (Lipinski definition) is 5. The van der Waals surface area contributed by atoms with Crippen LogP contribution >= 0.6 is 15.9 Å². The van der Waals surface area contributed by atoms with Gasteiger partial charge in [-0.3, -0.25) is 14.9 Å². The fourth-order valence-electron chi connectivity index (χ4n) is 2.19. The SMILES string of the molecule is CC(=O)C(Oc1ncc(Br)cc1[N+](=O)[O-])c1ccc(C(C)C)cc1. The van der Waals surface area contributed by atoms with E-state index in [4.69, 9.17) is 4.74 Å². The molecule has 2 rings (SSSR count). The fraction of sp³-hybridized carbons (Fsp3) is 0.294. The smallest absolute Gasteiger partial charge is 0.332 e. The van der Waals surface area contributed by atoms with E-state index < -0.39 is 11.0 Å². The number of carbonyl (C=O) groups excluding carboxylic acids is 1. The van der Waals surface area contributed by atoms with Gasteiger partial charge in [0.25, 0.3) is 5.88 Å². The predicted molar refractivity (Wildman–Crippen MR) is 93.2 cm³/mol. The van der Waals surface area contributed by atoms with Gasteiger partial charge in [-0.15, -0.1) is 0 Å². The number of rotatable bonds is 6. The molecule has 1 heterocycles. The molecular formula is C17H17BrN2O4. The van der Waals surface area contributed by atoms with Gasteiger partial charge in [0, 0.05) is 16.7 Å². The summed E-state index contributed by atoms with van der Waals surface area (Å²) in [6.45, 7) is 5.53. The van der Waals surface area contributed by atoms with E-state index >= 15 is 0 Å². The molecule has 0 N–H and O–H groups in total. The number of nitro groups is 1. The number of aromatic nitrogens is 1. The molecule has 1 atom stereocenters. The average Bonchev–Trinajstić information content (AvgIpc) is 2.53. The van der Waals surface area contributed by atoms with E-state index in [1.165, 1.54) is 19.2 Å². The van der Waals surface area contributed by atoms with Crippen molar-refractivity contribution in [2.75, 3.05) is 0 Å². The number of hydrogen-bond donors (Lipinski definition) is 0. The molecule has 126 valence electrons. The number of nitrogens with zero attached hydrogens (tertiary/aromatic N) is 2. The van der Waals surface area contributed by atoms with Crippen molar-refractivity contribution < 1.29 is 14.5 Å². The van der Waals surface area contributed by atoms with Crippen molar-refractivity contribution >= 4 is 27.4 Å². The number of ether oxygens (including phenoxy) is 1. The zero-order chi connectivity index (χ0) is 17.9. The van der Waals surface area contributed by atoms with Crippen LogP contribution in [0, 0.1) is 10.1 Å². The van der Waals surface area contributed by atoms with E-state index in [-0.39, 0.29) is 17.4 Å². The van der Waals surface area contributed by atoms with Crippen molar-refractivity contribution in [3.8, 4) is 5.88 Å². The topological polar surface area (TPSA) is 82.3 Å². The van der Waals surface area contributed by atoms with Crippen LogP contribution in [0.2, 0.25) is 0 Å². The lowest BCUT2D eigenvalue weighted by atomic mass is 9.99. The monoisotopic (exact) mass is 392 g/mol. The molecule has 0 radical (unpaired) electrons. The molecule has 1 unspecified atom stereocenters. The summed E-state index contributed by atoms with van der Waals surface area (Å²) < 4.78 is 6.05. The highest BCUT2D eigenvalue weighted by Crippen LogP contribution is 2.31. The second-order valence-corrected chi connectivity index (χ2v) is 6.58. The highest BCUT2D eigenvalue weighted by atomic mass is 79.9. The first-order valence-corrected chi connectivity index (χ1v) is 8.15. The summed E-state index contributed by atoms with van der Waals surface area (Å²) in [5.41, 5.74) is 1.47. The van der Waals surface area contributed by atoms with Crippen LogP contribution in [-0.2, 0) is 4.79 Å². The van der Waals surface area contributed by atoms with Gasteiger partial charge in [-0.25, -0.2) is 4.98 Å². The molecule has 0 saturated heterocycles. The lowest BCUT2D eigenvalue weighted by molar-refractivity contribution is -0.386. The first-order valence-electron chi connectivity index (χ1n) is 7.36. The van der Waals surface area contributed by atoms with Crippen LogP contribution in [-0.4, -0.2) is 15.7 Å². The second-order valence-electron chi connectivity index (χ2n) is 5.66. The molecule has 1 aromatic carbocycles. The van der Waals surface area contributed by atoms with E-state index in [1.807, 2.05) is 12.1 Å². The number of carbonyl (C=O) groups is 1. The molecule has 0 aliphatic heterocycles. The van der Waals surface area contributed by atoms with Gasteiger partial charge in [-0.2, -0.15) is 0 Å². The van der Waals surface area contributed by atoms with E-state index in [0.717, 1.165) is 5.56 Å². The number of pyridine rings is 1. The van der Waals surface area contributed by atoms with Crippen LogP contribution in [0.1, 0.15) is 43.9 Å². The number of benzene rings is 1. The Kier molecular flexibility index (Phi) is 5.66. The van der Waals surface area contributed by atoms with Gasteiger partial charge < -0.3 is 4.74 Å². The standard InChI is InChI=1S/C17H17BrN2O4/c1-10(2)12-4-6-13(7-5-12)16(11(3)21)24-17-15(20(22)23)8-14(18)9-19-17/h4-10,16H,1-3H3. The average molecular weight is 393 g/mol. The molecule has 2 aromatic rings. The first-order chi connectivity index (χ1) is 11.3. The largest absolute Gasteiger partial charge is 0.457 e. The molecule has 6 nitrogen and oxygen atoms in total.